The molecule has 2 aliphatic rings. The second-order valence-corrected chi connectivity index (χ2v) is 4.38. The minimum Gasteiger partial charge on any atom is -0.356 e. The van der Waals surface area contributed by atoms with Gasteiger partial charge in [0.2, 0.25) is 5.91 Å². The number of rotatable bonds is 2. The molecule has 1 amide bonds. The molecule has 14 heavy (non-hydrogen) atoms. The summed E-state index contributed by atoms with van der Waals surface area (Å²) >= 11 is 0. The predicted octanol–water partition coefficient (Wildman–Crippen LogP) is 1.95. The molecule has 2 nitrogen and oxygen atoms in total. The molecule has 0 aromatic rings. The molecule has 2 rings (SSSR count). The van der Waals surface area contributed by atoms with Gasteiger partial charge in [-0.25, -0.2) is 8.78 Å². The number of carbonyl (C=O) groups is 1. The van der Waals surface area contributed by atoms with Crippen molar-refractivity contribution in [2.75, 3.05) is 6.54 Å². The molecule has 0 aromatic carbocycles. The average molecular weight is 203 g/mol. The highest BCUT2D eigenvalue weighted by Gasteiger charge is 2.57. The molecule has 4 heteroatoms. The highest BCUT2D eigenvalue weighted by Crippen LogP contribution is 2.52. The SMILES string of the molecule is O=C1NCCCCC1CC1CC1(F)F. The lowest BCUT2D eigenvalue weighted by molar-refractivity contribution is -0.125. The lowest BCUT2D eigenvalue weighted by atomic mass is 9.96. The number of hydrogen-bond acceptors (Lipinski definition) is 1. The molecule has 0 radical (unpaired) electrons. The standard InChI is InChI=1S/C10H15F2NO/c11-10(12)6-8(10)5-7-3-1-2-4-13-9(7)14/h7-8H,1-6H2,(H,13,14). The Kier molecular flexibility index (Phi) is 2.45. The Balaban J connectivity index is 1.86. The third kappa shape index (κ3) is 2.04. The topological polar surface area (TPSA) is 29.1 Å². The van der Waals surface area contributed by atoms with Crippen LogP contribution in [0.15, 0.2) is 0 Å². The zero-order chi connectivity index (χ0) is 10.2. The summed E-state index contributed by atoms with van der Waals surface area (Å²) in [5.41, 5.74) is 0. The maximum absolute atomic E-state index is 12.6. The van der Waals surface area contributed by atoms with E-state index in [9.17, 15) is 13.6 Å². The van der Waals surface area contributed by atoms with E-state index >= 15 is 0 Å². The van der Waals surface area contributed by atoms with Crippen molar-refractivity contribution < 1.29 is 13.6 Å². The van der Waals surface area contributed by atoms with Gasteiger partial charge in [-0.1, -0.05) is 6.42 Å². The molecule has 2 unspecified atom stereocenters. The summed E-state index contributed by atoms with van der Waals surface area (Å²) in [4.78, 5) is 11.4. The fourth-order valence-corrected chi connectivity index (χ4v) is 2.10. The van der Waals surface area contributed by atoms with E-state index in [0.29, 0.717) is 13.0 Å². The highest BCUT2D eigenvalue weighted by atomic mass is 19.3. The van der Waals surface area contributed by atoms with Crippen LogP contribution in [0.25, 0.3) is 0 Å². The second kappa shape index (κ2) is 3.48. The van der Waals surface area contributed by atoms with Crippen molar-refractivity contribution >= 4 is 5.91 Å². The van der Waals surface area contributed by atoms with Crippen molar-refractivity contribution in [2.45, 2.75) is 38.0 Å². The molecule has 80 valence electrons. The molecule has 1 heterocycles. The Bertz CT molecular complexity index is 242. The molecule has 0 aromatic heterocycles. The number of amides is 1. The number of halogens is 2. The minimum absolute atomic E-state index is 0.0171. The summed E-state index contributed by atoms with van der Waals surface area (Å²) in [6.07, 6.45) is 3.08. The summed E-state index contributed by atoms with van der Waals surface area (Å²) < 4.78 is 25.3. The monoisotopic (exact) mass is 203 g/mol. The number of alkyl halides is 2. The first-order valence-corrected chi connectivity index (χ1v) is 5.25. The van der Waals surface area contributed by atoms with Gasteiger partial charge in [-0.2, -0.15) is 0 Å². The van der Waals surface area contributed by atoms with Gasteiger partial charge < -0.3 is 5.32 Å². The number of hydrogen-bond donors (Lipinski definition) is 1. The zero-order valence-corrected chi connectivity index (χ0v) is 8.06. The Morgan fingerprint density at radius 1 is 1.43 bits per heavy atom. The van der Waals surface area contributed by atoms with E-state index in [0.717, 1.165) is 19.3 Å². The molecular weight excluding hydrogens is 188 g/mol. The summed E-state index contributed by atoms with van der Waals surface area (Å²) in [5, 5.41) is 2.77. The number of carbonyl (C=O) groups excluding carboxylic acids is 1. The van der Waals surface area contributed by atoms with E-state index in [4.69, 9.17) is 0 Å². The Hall–Kier alpha value is -0.670. The van der Waals surface area contributed by atoms with E-state index in [2.05, 4.69) is 5.32 Å². The molecule has 1 N–H and O–H groups in total. The lowest BCUT2D eigenvalue weighted by Crippen LogP contribution is -2.29. The predicted molar refractivity (Wildman–Crippen MR) is 48.0 cm³/mol. The van der Waals surface area contributed by atoms with E-state index in [1.807, 2.05) is 0 Å². The average Bonchev–Trinajstić information content (AvgIpc) is 2.75. The number of nitrogens with one attached hydrogen (secondary N) is 1. The van der Waals surface area contributed by atoms with Gasteiger partial charge in [0.15, 0.2) is 0 Å². The van der Waals surface area contributed by atoms with E-state index in [1.54, 1.807) is 0 Å². The molecule has 2 fully saturated rings. The van der Waals surface area contributed by atoms with Crippen molar-refractivity contribution in [1.82, 2.24) is 5.32 Å². The van der Waals surface area contributed by atoms with Crippen LogP contribution in [0.1, 0.15) is 32.1 Å². The molecular formula is C10H15F2NO. The van der Waals surface area contributed by atoms with Crippen molar-refractivity contribution in [1.29, 1.82) is 0 Å². The summed E-state index contributed by atoms with van der Waals surface area (Å²) in [6, 6.07) is 0. The second-order valence-electron chi connectivity index (χ2n) is 4.38. The van der Waals surface area contributed by atoms with Crippen LogP contribution in [0.2, 0.25) is 0 Å². The van der Waals surface area contributed by atoms with E-state index < -0.39 is 11.8 Å². The van der Waals surface area contributed by atoms with Gasteiger partial charge in [0.05, 0.1) is 0 Å². The van der Waals surface area contributed by atoms with Gasteiger partial charge >= 0.3 is 0 Å². The summed E-state index contributed by atoms with van der Waals surface area (Å²) in [7, 11) is 0. The molecule has 0 bridgehead atoms. The normalized spacial score (nSPS) is 36.0. The van der Waals surface area contributed by atoms with Gasteiger partial charge in [0, 0.05) is 24.8 Å². The van der Waals surface area contributed by atoms with Crippen LogP contribution in [0.3, 0.4) is 0 Å². The molecule has 1 aliphatic carbocycles. The van der Waals surface area contributed by atoms with Gasteiger partial charge in [-0.15, -0.1) is 0 Å². The maximum atomic E-state index is 12.6. The van der Waals surface area contributed by atoms with Crippen LogP contribution in [0, 0.1) is 11.8 Å². The van der Waals surface area contributed by atoms with Crippen LogP contribution in [-0.2, 0) is 4.79 Å². The molecule has 1 aliphatic heterocycles. The van der Waals surface area contributed by atoms with Crippen molar-refractivity contribution in [3.8, 4) is 0 Å². The van der Waals surface area contributed by atoms with Gasteiger partial charge in [0.25, 0.3) is 5.92 Å². The Labute approximate surface area is 82.1 Å². The molecule has 2 atom stereocenters. The molecule has 1 saturated carbocycles. The smallest absolute Gasteiger partial charge is 0.251 e. The fourth-order valence-electron chi connectivity index (χ4n) is 2.10. The van der Waals surface area contributed by atoms with Gasteiger partial charge in [-0.3, -0.25) is 4.79 Å². The first kappa shape index (κ1) is 9.87. The largest absolute Gasteiger partial charge is 0.356 e. The Morgan fingerprint density at radius 2 is 2.14 bits per heavy atom. The first-order chi connectivity index (χ1) is 6.59. The fraction of sp³-hybridized carbons (Fsp3) is 0.900. The Morgan fingerprint density at radius 3 is 2.79 bits per heavy atom. The van der Waals surface area contributed by atoms with Crippen LogP contribution in [0.5, 0.6) is 0 Å². The quantitative estimate of drug-likeness (QED) is 0.730. The summed E-state index contributed by atoms with van der Waals surface area (Å²) in [5.74, 6) is -3.20. The van der Waals surface area contributed by atoms with Gasteiger partial charge in [0.1, 0.15) is 0 Å². The van der Waals surface area contributed by atoms with Gasteiger partial charge in [-0.05, 0) is 19.3 Å². The third-order valence-electron chi connectivity index (χ3n) is 3.17. The van der Waals surface area contributed by atoms with Crippen LogP contribution < -0.4 is 5.32 Å². The molecule has 1 saturated heterocycles. The van der Waals surface area contributed by atoms with Crippen molar-refractivity contribution in [3.05, 3.63) is 0 Å². The first-order valence-electron chi connectivity index (χ1n) is 5.25. The van der Waals surface area contributed by atoms with E-state index in [-0.39, 0.29) is 18.2 Å². The lowest BCUT2D eigenvalue weighted by Gasteiger charge is -2.11. The highest BCUT2D eigenvalue weighted by molar-refractivity contribution is 5.78. The third-order valence-corrected chi connectivity index (χ3v) is 3.17. The zero-order valence-electron chi connectivity index (χ0n) is 8.06. The maximum Gasteiger partial charge on any atom is 0.251 e. The molecule has 0 spiro atoms. The van der Waals surface area contributed by atoms with Crippen molar-refractivity contribution in [3.63, 3.8) is 0 Å². The van der Waals surface area contributed by atoms with Crippen molar-refractivity contribution in [2.24, 2.45) is 11.8 Å². The summed E-state index contributed by atoms with van der Waals surface area (Å²) in [6.45, 7) is 0.705. The van der Waals surface area contributed by atoms with Crippen LogP contribution >= 0.6 is 0 Å². The van der Waals surface area contributed by atoms with Crippen LogP contribution in [-0.4, -0.2) is 18.4 Å². The van der Waals surface area contributed by atoms with Crippen LogP contribution in [0.4, 0.5) is 8.78 Å². The van der Waals surface area contributed by atoms with E-state index in [1.165, 1.54) is 0 Å². The minimum atomic E-state index is -2.48.